The predicted octanol–water partition coefficient (Wildman–Crippen LogP) is 3.17. The maximum Gasteiger partial charge on any atom is 0.337 e. The van der Waals surface area contributed by atoms with Crippen molar-refractivity contribution in [2.45, 2.75) is 20.0 Å². The molecule has 0 aliphatic carbocycles. The molecule has 1 aromatic carbocycles. The Morgan fingerprint density at radius 1 is 1.42 bits per heavy atom. The maximum absolute atomic E-state index is 11.7. The zero-order valence-corrected chi connectivity index (χ0v) is 12.4. The van der Waals surface area contributed by atoms with Gasteiger partial charge in [-0.1, -0.05) is 34.6 Å². The fraction of sp³-hybridized carbons (Fsp3) is 0.286. The molecule has 19 heavy (non-hydrogen) atoms. The highest BCUT2D eigenvalue weighted by Crippen LogP contribution is 2.28. The van der Waals surface area contributed by atoms with Gasteiger partial charge >= 0.3 is 11.9 Å². The minimum Gasteiger partial charge on any atom is -0.463 e. The van der Waals surface area contributed by atoms with Crippen LogP contribution in [0.25, 0.3) is 0 Å². The van der Waals surface area contributed by atoms with Crippen LogP contribution in [0.1, 0.15) is 25.5 Å². The largest absolute Gasteiger partial charge is 0.463 e. The summed E-state index contributed by atoms with van der Waals surface area (Å²) in [5, 5.41) is 0. The zero-order valence-electron chi connectivity index (χ0n) is 10.8. The van der Waals surface area contributed by atoms with Crippen LogP contribution < -0.4 is 0 Å². The third kappa shape index (κ3) is 4.52. The monoisotopic (exact) mass is 326 g/mol. The number of rotatable bonds is 5. The molecule has 0 aliphatic rings. The molecule has 1 rings (SSSR count). The van der Waals surface area contributed by atoms with Crippen LogP contribution in [0.5, 0.6) is 0 Å². The van der Waals surface area contributed by atoms with Crippen LogP contribution in [0.2, 0.25) is 0 Å². The molecule has 102 valence electrons. The zero-order chi connectivity index (χ0) is 14.4. The molecular formula is C14H15BrO4. The van der Waals surface area contributed by atoms with Crippen LogP contribution in [0, 0.1) is 0 Å². The van der Waals surface area contributed by atoms with Crippen molar-refractivity contribution in [2.75, 3.05) is 6.61 Å². The number of carbonyl (C=O) groups excluding carboxylic acids is 2. The average molecular weight is 327 g/mol. The van der Waals surface area contributed by atoms with Gasteiger partial charge in [0.1, 0.15) is 0 Å². The van der Waals surface area contributed by atoms with E-state index in [1.807, 2.05) is 6.07 Å². The topological polar surface area (TPSA) is 52.6 Å². The van der Waals surface area contributed by atoms with Crippen molar-refractivity contribution in [3.05, 3.63) is 46.5 Å². The molecule has 0 heterocycles. The highest BCUT2D eigenvalue weighted by Gasteiger charge is 2.24. The fourth-order valence-electron chi connectivity index (χ4n) is 1.51. The van der Waals surface area contributed by atoms with Crippen LogP contribution in [-0.4, -0.2) is 18.5 Å². The molecule has 1 unspecified atom stereocenters. The van der Waals surface area contributed by atoms with Gasteiger partial charge in [-0.3, -0.25) is 4.79 Å². The lowest BCUT2D eigenvalue weighted by molar-refractivity contribution is -0.147. The molecule has 0 fully saturated rings. The molecule has 0 amide bonds. The number of carbonyl (C=O) groups is 2. The van der Waals surface area contributed by atoms with Crippen molar-refractivity contribution in [3.8, 4) is 0 Å². The van der Waals surface area contributed by atoms with Gasteiger partial charge in [0.15, 0.2) is 6.10 Å². The molecule has 0 bridgehead atoms. The van der Waals surface area contributed by atoms with E-state index in [-0.39, 0.29) is 12.2 Å². The quantitative estimate of drug-likeness (QED) is 0.616. The lowest BCUT2D eigenvalue weighted by atomic mass is 10.0. The second-order valence-electron chi connectivity index (χ2n) is 3.79. The minimum absolute atomic E-state index is 0.0927. The number of esters is 2. The molecule has 5 heteroatoms. The highest BCUT2D eigenvalue weighted by molar-refractivity contribution is 9.10. The van der Waals surface area contributed by atoms with Crippen molar-refractivity contribution in [1.82, 2.24) is 0 Å². The Balaban J connectivity index is 3.04. The molecule has 0 spiro atoms. The standard InChI is InChI=1S/C14H15BrO4/c1-4-18-14(17)9(2)13(19-10(3)16)11-6-5-7-12(15)8-11/h5-8,13H,2,4H2,1,3H3. The van der Waals surface area contributed by atoms with E-state index in [1.165, 1.54) is 6.92 Å². The van der Waals surface area contributed by atoms with Crippen LogP contribution in [-0.2, 0) is 19.1 Å². The second kappa shape index (κ2) is 7.09. The van der Waals surface area contributed by atoms with E-state index in [2.05, 4.69) is 22.5 Å². The summed E-state index contributed by atoms with van der Waals surface area (Å²) < 4.78 is 10.9. The Morgan fingerprint density at radius 2 is 2.11 bits per heavy atom. The first-order valence-electron chi connectivity index (χ1n) is 5.74. The number of hydrogen-bond acceptors (Lipinski definition) is 4. The number of halogens is 1. The Hall–Kier alpha value is -1.62. The first kappa shape index (κ1) is 15.4. The Labute approximate surface area is 120 Å². The van der Waals surface area contributed by atoms with Crippen LogP contribution in [0.15, 0.2) is 40.9 Å². The summed E-state index contributed by atoms with van der Waals surface area (Å²) in [4.78, 5) is 22.9. The third-order valence-corrected chi connectivity index (χ3v) is 2.78. The van der Waals surface area contributed by atoms with E-state index < -0.39 is 18.0 Å². The molecule has 4 nitrogen and oxygen atoms in total. The van der Waals surface area contributed by atoms with Crippen molar-refractivity contribution >= 4 is 27.9 Å². The summed E-state index contributed by atoms with van der Waals surface area (Å²) in [6.45, 7) is 6.89. The van der Waals surface area contributed by atoms with E-state index in [9.17, 15) is 9.59 Å². The van der Waals surface area contributed by atoms with Crippen molar-refractivity contribution in [3.63, 3.8) is 0 Å². The second-order valence-corrected chi connectivity index (χ2v) is 4.71. The summed E-state index contributed by atoms with van der Waals surface area (Å²) in [7, 11) is 0. The molecule has 1 aromatic rings. The summed E-state index contributed by atoms with van der Waals surface area (Å²) in [6, 6.07) is 7.14. The summed E-state index contributed by atoms with van der Waals surface area (Å²) in [6.07, 6.45) is -0.839. The molecule has 0 saturated carbocycles. The van der Waals surface area contributed by atoms with Gasteiger partial charge in [0, 0.05) is 11.4 Å². The van der Waals surface area contributed by atoms with E-state index in [0.29, 0.717) is 5.56 Å². The van der Waals surface area contributed by atoms with Gasteiger partial charge in [-0.2, -0.15) is 0 Å². The number of hydrogen-bond donors (Lipinski definition) is 0. The van der Waals surface area contributed by atoms with Gasteiger partial charge in [0.25, 0.3) is 0 Å². The molecule has 0 saturated heterocycles. The van der Waals surface area contributed by atoms with Gasteiger partial charge in [0.2, 0.25) is 0 Å². The fourth-order valence-corrected chi connectivity index (χ4v) is 1.92. The summed E-state index contributed by atoms with van der Waals surface area (Å²) in [5.74, 6) is -1.07. The third-order valence-electron chi connectivity index (χ3n) is 2.29. The van der Waals surface area contributed by atoms with Gasteiger partial charge in [-0.05, 0) is 24.6 Å². The maximum atomic E-state index is 11.7. The predicted molar refractivity (Wildman–Crippen MR) is 74.4 cm³/mol. The van der Waals surface area contributed by atoms with Crippen molar-refractivity contribution in [1.29, 1.82) is 0 Å². The van der Waals surface area contributed by atoms with Crippen molar-refractivity contribution < 1.29 is 19.1 Å². The molecule has 0 radical (unpaired) electrons. The van der Waals surface area contributed by atoms with Crippen molar-refractivity contribution in [2.24, 2.45) is 0 Å². The van der Waals surface area contributed by atoms with Crippen LogP contribution >= 0.6 is 15.9 Å². The lowest BCUT2D eigenvalue weighted by Gasteiger charge is -2.19. The van der Waals surface area contributed by atoms with E-state index in [1.54, 1.807) is 25.1 Å². The van der Waals surface area contributed by atoms with Crippen LogP contribution in [0.4, 0.5) is 0 Å². The van der Waals surface area contributed by atoms with Gasteiger partial charge < -0.3 is 9.47 Å². The van der Waals surface area contributed by atoms with E-state index >= 15 is 0 Å². The molecule has 0 aliphatic heterocycles. The smallest absolute Gasteiger partial charge is 0.337 e. The first-order chi connectivity index (χ1) is 8.95. The molecule has 0 N–H and O–H groups in total. The molecule has 1 atom stereocenters. The first-order valence-corrected chi connectivity index (χ1v) is 6.53. The average Bonchev–Trinajstić information content (AvgIpc) is 2.35. The minimum atomic E-state index is -0.839. The molecular weight excluding hydrogens is 312 g/mol. The lowest BCUT2D eigenvalue weighted by Crippen LogP contribution is -2.18. The van der Waals surface area contributed by atoms with Crippen LogP contribution in [0.3, 0.4) is 0 Å². The van der Waals surface area contributed by atoms with Gasteiger partial charge in [0.05, 0.1) is 12.2 Å². The number of benzene rings is 1. The van der Waals surface area contributed by atoms with E-state index in [4.69, 9.17) is 9.47 Å². The Kier molecular flexibility index (Phi) is 5.76. The van der Waals surface area contributed by atoms with Gasteiger partial charge in [-0.15, -0.1) is 0 Å². The molecule has 0 aromatic heterocycles. The van der Waals surface area contributed by atoms with E-state index in [0.717, 1.165) is 4.47 Å². The Bertz CT molecular complexity index is 496. The van der Waals surface area contributed by atoms with Gasteiger partial charge in [-0.25, -0.2) is 4.79 Å². The normalized spacial score (nSPS) is 11.5. The SMILES string of the molecule is C=C(C(=O)OCC)C(OC(C)=O)c1cccc(Br)c1. The number of ether oxygens (including phenoxy) is 2. The summed E-state index contributed by atoms with van der Waals surface area (Å²) in [5.41, 5.74) is 0.748. The highest BCUT2D eigenvalue weighted by atomic mass is 79.9. The summed E-state index contributed by atoms with van der Waals surface area (Å²) >= 11 is 3.33. The Morgan fingerprint density at radius 3 is 2.63 bits per heavy atom.